The molecule has 1 atom stereocenters. The van der Waals surface area contributed by atoms with Gasteiger partial charge in [-0.1, -0.05) is 13.3 Å². The Morgan fingerprint density at radius 1 is 1.30 bits per heavy atom. The molecule has 2 fully saturated rings. The number of carbonyl (C=O) groups excluding carboxylic acids is 1. The van der Waals surface area contributed by atoms with E-state index in [4.69, 9.17) is 4.74 Å². The fraction of sp³-hybridized carbons (Fsp3) is 0.938. The Hall–Kier alpha value is -0.610. The molecule has 0 aromatic rings. The van der Waals surface area contributed by atoms with Gasteiger partial charge >= 0.3 is 5.97 Å². The van der Waals surface area contributed by atoms with Crippen molar-refractivity contribution in [3.8, 4) is 0 Å². The number of ether oxygens (including phenoxy) is 1. The molecule has 1 aliphatic carbocycles. The van der Waals surface area contributed by atoms with E-state index in [-0.39, 0.29) is 11.9 Å². The average molecular weight is 283 g/mol. The van der Waals surface area contributed by atoms with Crippen LogP contribution in [0.25, 0.3) is 0 Å². The van der Waals surface area contributed by atoms with Gasteiger partial charge in [0.15, 0.2) is 0 Å². The monoisotopic (exact) mass is 283 g/mol. The fourth-order valence-electron chi connectivity index (χ4n) is 3.62. The summed E-state index contributed by atoms with van der Waals surface area (Å²) in [5, 5.41) is 10.7. The molecule has 2 rings (SSSR count). The Bertz CT molecular complexity index is 324. The zero-order chi connectivity index (χ0) is 14.6. The molecule has 1 aliphatic heterocycles. The second-order valence-corrected chi connectivity index (χ2v) is 6.55. The van der Waals surface area contributed by atoms with Crippen molar-refractivity contribution in [3.63, 3.8) is 0 Å². The zero-order valence-corrected chi connectivity index (χ0v) is 12.9. The van der Waals surface area contributed by atoms with Crippen LogP contribution in [0.3, 0.4) is 0 Å². The summed E-state index contributed by atoms with van der Waals surface area (Å²) in [6, 6.07) is 0. The number of esters is 1. The summed E-state index contributed by atoms with van der Waals surface area (Å²) in [6.45, 7) is 7.55. The number of hydrogen-bond donors (Lipinski definition) is 1. The van der Waals surface area contributed by atoms with Crippen molar-refractivity contribution in [1.82, 2.24) is 4.90 Å². The number of β-amino-alcohol motifs (C(OH)–C–C–N with tert-alkyl or cyclic N) is 1. The third-order valence-electron chi connectivity index (χ3n) is 5.00. The Balaban J connectivity index is 1.78. The summed E-state index contributed by atoms with van der Waals surface area (Å²) in [5.74, 6) is 0.716. The number of hydrogen-bond acceptors (Lipinski definition) is 4. The highest BCUT2D eigenvalue weighted by Crippen LogP contribution is 2.34. The van der Waals surface area contributed by atoms with Gasteiger partial charge in [0, 0.05) is 13.1 Å². The highest BCUT2D eigenvalue weighted by atomic mass is 16.5. The van der Waals surface area contributed by atoms with E-state index >= 15 is 0 Å². The van der Waals surface area contributed by atoms with E-state index in [1.807, 2.05) is 6.92 Å². The molecule has 20 heavy (non-hydrogen) atoms. The van der Waals surface area contributed by atoms with E-state index in [1.54, 1.807) is 0 Å². The van der Waals surface area contributed by atoms with E-state index in [0.717, 1.165) is 51.2 Å². The van der Waals surface area contributed by atoms with Gasteiger partial charge in [-0.3, -0.25) is 4.79 Å². The molecule has 4 nitrogen and oxygen atoms in total. The number of carbonyl (C=O) groups is 1. The quantitative estimate of drug-likeness (QED) is 0.786. The van der Waals surface area contributed by atoms with Gasteiger partial charge in [-0.05, 0) is 51.5 Å². The van der Waals surface area contributed by atoms with Crippen LogP contribution in [0.15, 0.2) is 0 Å². The molecule has 1 N–H and O–H groups in total. The molecule has 1 unspecified atom stereocenters. The van der Waals surface area contributed by atoms with E-state index in [9.17, 15) is 9.90 Å². The first-order chi connectivity index (χ1) is 9.56. The standard InChI is InChI=1S/C16H29NO3/c1-3-13-7-10-17(11-13)12-16(19)8-5-14(6-9-16)15(18)20-4-2/h13-14,19H,3-12H2,1-2H3. The molecule has 0 aromatic heterocycles. The number of likely N-dealkylation sites (tertiary alicyclic amines) is 1. The first kappa shape index (κ1) is 15.8. The normalized spacial score (nSPS) is 35.1. The van der Waals surface area contributed by atoms with Gasteiger partial charge < -0.3 is 14.7 Å². The largest absolute Gasteiger partial charge is 0.466 e. The summed E-state index contributed by atoms with van der Waals surface area (Å²) in [6.07, 6.45) is 5.48. The molecule has 1 saturated heterocycles. The van der Waals surface area contributed by atoms with Gasteiger partial charge in [0.05, 0.1) is 18.1 Å². The maximum absolute atomic E-state index is 11.7. The fourth-order valence-corrected chi connectivity index (χ4v) is 3.62. The molecule has 0 bridgehead atoms. The zero-order valence-electron chi connectivity index (χ0n) is 12.9. The predicted molar refractivity (Wildman–Crippen MR) is 78.4 cm³/mol. The van der Waals surface area contributed by atoms with Crippen molar-refractivity contribution in [3.05, 3.63) is 0 Å². The maximum Gasteiger partial charge on any atom is 0.308 e. The minimum Gasteiger partial charge on any atom is -0.466 e. The molecular weight excluding hydrogens is 254 g/mol. The minimum atomic E-state index is -0.592. The van der Waals surface area contributed by atoms with Gasteiger partial charge in [-0.2, -0.15) is 0 Å². The predicted octanol–water partition coefficient (Wildman–Crippen LogP) is 2.20. The lowest BCUT2D eigenvalue weighted by molar-refractivity contribution is -0.151. The molecule has 0 radical (unpaired) electrons. The van der Waals surface area contributed by atoms with E-state index in [0.29, 0.717) is 6.61 Å². The summed E-state index contributed by atoms with van der Waals surface area (Å²) in [4.78, 5) is 14.1. The topological polar surface area (TPSA) is 49.8 Å². The number of rotatable bonds is 5. The third kappa shape index (κ3) is 3.95. The smallest absolute Gasteiger partial charge is 0.308 e. The van der Waals surface area contributed by atoms with Crippen LogP contribution < -0.4 is 0 Å². The van der Waals surface area contributed by atoms with Crippen LogP contribution in [0.1, 0.15) is 52.4 Å². The molecule has 1 saturated carbocycles. The Kier molecular flexibility index (Phi) is 5.44. The lowest BCUT2D eigenvalue weighted by atomic mass is 9.78. The van der Waals surface area contributed by atoms with Gasteiger partial charge in [0.25, 0.3) is 0 Å². The third-order valence-corrected chi connectivity index (χ3v) is 5.00. The van der Waals surface area contributed by atoms with E-state index < -0.39 is 5.60 Å². The molecule has 0 aromatic carbocycles. The van der Waals surface area contributed by atoms with E-state index in [1.165, 1.54) is 12.8 Å². The van der Waals surface area contributed by atoms with Crippen LogP contribution in [0.4, 0.5) is 0 Å². The lowest BCUT2D eigenvalue weighted by Crippen LogP contribution is -2.45. The maximum atomic E-state index is 11.7. The average Bonchev–Trinajstić information content (AvgIpc) is 2.87. The summed E-state index contributed by atoms with van der Waals surface area (Å²) in [5.41, 5.74) is -0.592. The minimum absolute atomic E-state index is 0.00260. The summed E-state index contributed by atoms with van der Waals surface area (Å²) in [7, 11) is 0. The van der Waals surface area contributed by atoms with Crippen LogP contribution in [0.5, 0.6) is 0 Å². The molecule has 1 heterocycles. The molecule has 116 valence electrons. The van der Waals surface area contributed by atoms with Crippen molar-refractivity contribution in [2.45, 2.75) is 58.0 Å². The van der Waals surface area contributed by atoms with Crippen LogP contribution in [-0.2, 0) is 9.53 Å². The van der Waals surface area contributed by atoms with Crippen molar-refractivity contribution in [2.24, 2.45) is 11.8 Å². The Morgan fingerprint density at radius 2 is 2.00 bits per heavy atom. The van der Waals surface area contributed by atoms with Gasteiger partial charge in [0.1, 0.15) is 0 Å². The number of aliphatic hydroxyl groups is 1. The first-order valence-corrected chi connectivity index (χ1v) is 8.17. The number of nitrogens with zero attached hydrogens (tertiary/aromatic N) is 1. The van der Waals surface area contributed by atoms with Crippen LogP contribution in [0, 0.1) is 11.8 Å². The van der Waals surface area contributed by atoms with Crippen molar-refractivity contribution in [1.29, 1.82) is 0 Å². The molecule has 0 amide bonds. The second kappa shape index (κ2) is 6.90. The van der Waals surface area contributed by atoms with Gasteiger partial charge in [0.2, 0.25) is 0 Å². The summed E-state index contributed by atoms with van der Waals surface area (Å²) < 4.78 is 5.08. The van der Waals surface area contributed by atoms with E-state index in [2.05, 4.69) is 11.8 Å². The summed E-state index contributed by atoms with van der Waals surface area (Å²) >= 11 is 0. The van der Waals surface area contributed by atoms with Crippen LogP contribution in [0.2, 0.25) is 0 Å². The molecule has 0 spiro atoms. The Labute approximate surface area is 122 Å². The lowest BCUT2D eigenvalue weighted by Gasteiger charge is -2.37. The van der Waals surface area contributed by atoms with Gasteiger partial charge in [-0.15, -0.1) is 0 Å². The SMILES string of the molecule is CCOC(=O)C1CCC(O)(CN2CCC(CC)C2)CC1. The van der Waals surface area contributed by atoms with Crippen molar-refractivity contribution in [2.75, 3.05) is 26.2 Å². The second-order valence-electron chi connectivity index (χ2n) is 6.55. The first-order valence-electron chi connectivity index (χ1n) is 8.17. The van der Waals surface area contributed by atoms with Gasteiger partial charge in [-0.25, -0.2) is 0 Å². The molecule has 2 aliphatic rings. The Morgan fingerprint density at radius 3 is 2.55 bits per heavy atom. The van der Waals surface area contributed by atoms with Crippen LogP contribution in [-0.4, -0.2) is 47.8 Å². The molecule has 4 heteroatoms. The van der Waals surface area contributed by atoms with Crippen molar-refractivity contribution < 1.29 is 14.6 Å². The van der Waals surface area contributed by atoms with Crippen LogP contribution >= 0.6 is 0 Å². The van der Waals surface area contributed by atoms with Crippen molar-refractivity contribution >= 4 is 5.97 Å². The highest BCUT2D eigenvalue weighted by molar-refractivity contribution is 5.72. The molecular formula is C16H29NO3. The highest BCUT2D eigenvalue weighted by Gasteiger charge is 2.38.